The maximum Gasteiger partial charge on any atom is 0.511 e. The molecule has 20 heavy (non-hydrogen) atoms. The molecule has 0 heterocycles. The first-order valence-corrected chi connectivity index (χ1v) is 9.49. The monoisotopic (exact) mass is 347 g/mol. The number of unbranched alkanes of at least 4 members (excludes halogenated alkanes) is 6. The number of hydrogen-bond acceptors (Lipinski definition) is 2. The van der Waals surface area contributed by atoms with Crippen molar-refractivity contribution in [3.63, 3.8) is 0 Å². The Hall–Kier alpha value is 0.554. The summed E-state index contributed by atoms with van der Waals surface area (Å²) in [5, 5.41) is 0. The summed E-state index contributed by atoms with van der Waals surface area (Å²) in [4.78, 5) is 0. The first kappa shape index (κ1) is 22.8. The van der Waals surface area contributed by atoms with E-state index in [9.17, 15) is 4.57 Å². The van der Waals surface area contributed by atoms with Gasteiger partial charge in [0.1, 0.15) is 6.10 Å². The smallest absolute Gasteiger partial charge is 0.143 e. The summed E-state index contributed by atoms with van der Waals surface area (Å²) in [6.45, 7) is 8.56. The molecule has 0 fully saturated rings. The van der Waals surface area contributed by atoms with E-state index in [1.54, 1.807) is 0 Å². The van der Waals surface area contributed by atoms with Crippen LogP contribution in [0.15, 0.2) is 0 Å². The van der Waals surface area contributed by atoms with Crippen LogP contribution < -0.4 is 0 Å². The Morgan fingerprint density at radius 1 is 0.850 bits per heavy atom. The van der Waals surface area contributed by atoms with Crippen molar-refractivity contribution in [2.24, 2.45) is 0 Å². The average Bonchev–Trinajstić information content (AvgIpc) is 2.39. The summed E-state index contributed by atoms with van der Waals surface area (Å²) in [6, 6.07) is 0. The maximum absolute atomic E-state index is 12.0. The first-order chi connectivity index (χ1) is 9.11. The molecule has 0 saturated heterocycles. The molecule has 0 saturated carbocycles. The van der Waals surface area contributed by atoms with Gasteiger partial charge in [-0.15, -0.1) is 4.52 Å². The Bertz CT molecular complexity index is 225. The fourth-order valence-electron chi connectivity index (χ4n) is 2.16. The van der Waals surface area contributed by atoms with Gasteiger partial charge in [0.15, 0.2) is 5.66 Å². The minimum Gasteiger partial charge on any atom is -0.143 e. The van der Waals surface area contributed by atoms with Crippen molar-refractivity contribution in [3.05, 3.63) is 0 Å². The molecule has 0 aliphatic carbocycles. The standard InChI is InChI=1S/C16H34O2P.Ni/c1-5-7-9-11-13-15(3)18-19(17)16(4)14-12-10-8-6-2;/h15-16H,5-14H2,1-4H3;/q+1;. The third kappa shape index (κ3) is 13.5. The molecule has 4 heteroatoms. The van der Waals surface area contributed by atoms with Gasteiger partial charge in [0.2, 0.25) is 0 Å². The van der Waals surface area contributed by atoms with Crippen molar-refractivity contribution in [1.82, 2.24) is 0 Å². The van der Waals surface area contributed by atoms with Crippen LogP contribution in [-0.4, -0.2) is 11.8 Å². The van der Waals surface area contributed by atoms with E-state index in [1.165, 1.54) is 51.4 Å². The van der Waals surface area contributed by atoms with Gasteiger partial charge in [0.05, 0.1) is 0 Å². The molecule has 0 radical (unpaired) electrons. The van der Waals surface area contributed by atoms with Crippen LogP contribution in [0.1, 0.15) is 91.9 Å². The largest absolute Gasteiger partial charge is 0.511 e. The molecule has 0 aliphatic heterocycles. The van der Waals surface area contributed by atoms with Gasteiger partial charge in [-0.3, -0.25) is 0 Å². The van der Waals surface area contributed by atoms with Crippen LogP contribution in [0.2, 0.25) is 0 Å². The van der Waals surface area contributed by atoms with Gasteiger partial charge in [-0.25, -0.2) is 0 Å². The fraction of sp³-hybridized carbons (Fsp3) is 1.00. The van der Waals surface area contributed by atoms with Crippen LogP contribution in [0.4, 0.5) is 0 Å². The Kier molecular flexibility index (Phi) is 18.2. The van der Waals surface area contributed by atoms with E-state index >= 15 is 0 Å². The predicted molar refractivity (Wildman–Crippen MR) is 85.1 cm³/mol. The molecule has 0 amide bonds. The maximum atomic E-state index is 12.0. The minimum atomic E-state index is -1.48. The van der Waals surface area contributed by atoms with Crippen molar-refractivity contribution < 1.29 is 25.6 Å². The van der Waals surface area contributed by atoms with Gasteiger partial charge in [-0.1, -0.05) is 58.8 Å². The molecule has 3 unspecified atom stereocenters. The van der Waals surface area contributed by atoms with E-state index < -0.39 is 8.03 Å². The topological polar surface area (TPSA) is 26.3 Å². The van der Waals surface area contributed by atoms with E-state index in [1.807, 2.05) is 0 Å². The molecule has 0 N–H and O–H groups in total. The zero-order valence-electron chi connectivity index (χ0n) is 13.8. The summed E-state index contributed by atoms with van der Waals surface area (Å²) < 4.78 is 17.7. The van der Waals surface area contributed by atoms with E-state index in [0.29, 0.717) is 0 Å². The van der Waals surface area contributed by atoms with E-state index in [2.05, 4.69) is 27.7 Å². The Morgan fingerprint density at radius 2 is 1.35 bits per heavy atom. The summed E-state index contributed by atoms with van der Waals surface area (Å²) >= 11 is 0. The molecule has 0 bridgehead atoms. The normalized spacial score (nSPS) is 14.5. The molecule has 0 aromatic carbocycles. The van der Waals surface area contributed by atoms with Crippen LogP contribution in [0.3, 0.4) is 0 Å². The quantitative estimate of drug-likeness (QED) is 0.217. The molecule has 0 aliphatic rings. The summed E-state index contributed by atoms with van der Waals surface area (Å²) in [5.74, 6) is 0. The zero-order valence-corrected chi connectivity index (χ0v) is 15.7. The second-order valence-electron chi connectivity index (χ2n) is 5.75. The van der Waals surface area contributed by atoms with Gasteiger partial charge in [0, 0.05) is 16.5 Å². The van der Waals surface area contributed by atoms with Crippen LogP contribution >= 0.6 is 8.03 Å². The van der Waals surface area contributed by atoms with Gasteiger partial charge in [0.25, 0.3) is 0 Å². The first-order valence-electron chi connectivity index (χ1n) is 8.24. The molecule has 124 valence electrons. The molecule has 3 atom stereocenters. The summed E-state index contributed by atoms with van der Waals surface area (Å²) in [6.07, 6.45) is 12.3. The molecule has 0 spiro atoms. The van der Waals surface area contributed by atoms with Crippen LogP contribution in [0.5, 0.6) is 0 Å². The number of hydrogen-bond donors (Lipinski definition) is 0. The van der Waals surface area contributed by atoms with E-state index in [4.69, 9.17) is 4.52 Å². The Labute approximate surface area is 137 Å². The SMILES string of the molecule is CCCCCCC(C)O[P+](=O)C(C)CCCCCC.[Ni]. The average molecular weight is 348 g/mol. The van der Waals surface area contributed by atoms with Gasteiger partial charge in [-0.2, -0.15) is 0 Å². The summed E-state index contributed by atoms with van der Waals surface area (Å²) in [5.41, 5.74) is 0.213. The van der Waals surface area contributed by atoms with Crippen molar-refractivity contribution in [2.45, 2.75) is 104 Å². The molecule has 0 aromatic heterocycles. The second-order valence-corrected chi connectivity index (χ2v) is 7.41. The van der Waals surface area contributed by atoms with Crippen molar-refractivity contribution in [2.75, 3.05) is 0 Å². The third-order valence-corrected chi connectivity index (χ3v) is 5.13. The van der Waals surface area contributed by atoms with Crippen molar-refractivity contribution in [3.8, 4) is 0 Å². The predicted octanol–water partition coefficient (Wildman–Crippen LogP) is 6.46. The molecule has 0 aromatic rings. The Morgan fingerprint density at radius 3 is 1.85 bits per heavy atom. The van der Waals surface area contributed by atoms with Crippen LogP contribution in [-0.2, 0) is 25.6 Å². The fourth-order valence-corrected chi connectivity index (χ4v) is 3.23. The zero-order chi connectivity index (χ0) is 14.5. The minimum absolute atomic E-state index is 0. The molecular formula is C16H34NiO2P+. The van der Waals surface area contributed by atoms with Gasteiger partial charge in [-0.05, 0) is 37.7 Å². The van der Waals surface area contributed by atoms with Crippen molar-refractivity contribution in [1.29, 1.82) is 0 Å². The van der Waals surface area contributed by atoms with Gasteiger partial charge < -0.3 is 0 Å². The van der Waals surface area contributed by atoms with Gasteiger partial charge >= 0.3 is 8.03 Å². The van der Waals surface area contributed by atoms with Crippen LogP contribution in [0.25, 0.3) is 0 Å². The van der Waals surface area contributed by atoms with E-state index in [0.717, 1.165) is 12.8 Å². The third-order valence-electron chi connectivity index (χ3n) is 3.58. The van der Waals surface area contributed by atoms with E-state index in [-0.39, 0.29) is 28.3 Å². The van der Waals surface area contributed by atoms with Crippen molar-refractivity contribution >= 4 is 8.03 Å². The Balaban J connectivity index is 0. The number of rotatable bonds is 13. The second kappa shape index (κ2) is 15.9. The molecular weight excluding hydrogens is 314 g/mol. The molecule has 0 rings (SSSR count). The summed E-state index contributed by atoms with van der Waals surface area (Å²) in [7, 11) is -1.48. The van der Waals surface area contributed by atoms with Crippen LogP contribution in [0, 0.1) is 0 Å². The molecule has 2 nitrogen and oxygen atoms in total.